The molecule has 2 N–H and O–H groups in total. The Kier molecular flexibility index (Phi) is 6.89. The first kappa shape index (κ1) is 19.6. The van der Waals surface area contributed by atoms with Crippen LogP contribution in [0, 0.1) is 6.92 Å². The average Bonchev–Trinajstić information content (AvgIpc) is 3.12. The SMILES string of the molecule is CC.CCc1cc(COc2ccc3c(NC)n[nH]c3c2C)ccc1OC. The van der Waals surface area contributed by atoms with Crippen molar-refractivity contribution in [3.63, 3.8) is 0 Å². The Hall–Kier alpha value is -2.69. The summed E-state index contributed by atoms with van der Waals surface area (Å²) < 4.78 is 11.4. The highest BCUT2D eigenvalue weighted by Crippen LogP contribution is 2.30. The summed E-state index contributed by atoms with van der Waals surface area (Å²) in [6, 6.07) is 10.2. The van der Waals surface area contributed by atoms with Crippen molar-refractivity contribution in [2.75, 3.05) is 19.5 Å². The van der Waals surface area contributed by atoms with Gasteiger partial charge in [0.1, 0.15) is 18.1 Å². The number of anilines is 1. The van der Waals surface area contributed by atoms with Gasteiger partial charge in [-0.2, -0.15) is 5.10 Å². The van der Waals surface area contributed by atoms with Gasteiger partial charge in [-0.1, -0.05) is 26.8 Å². The van der Waals surface area contributed by atoms with Crippen molar-refractivity contribution in [2.45, 2.75) is 40.7 Å². The number of rotatable bonds is 6. The van der Waals surface area contributed by atoms with Crippen LogP contribution in [0.15, 0.2) is 30.3 Å². The summed E-state index contributed by atoms with van der Waals surface area (Å²) in [6.07, 6.45) is 0.933. The molecule has 0 amide bonds. The number of benzene rings is 2. The highest BCUT2D eigenvalue weighted by molar-refractivity contribution is 5.93. The summed E-state index contributed by atoms with van der Waals surface area (Å²) in [6.45, 7) is 8.69. The smallest absolute Gasteiger partial charge is 0.155 e. The van der Waals surface area contributed by atoms with E-state index in [2.05, 4.69) is 28.5 Å². The second-order valence-corrected chi connectivity index (χ2v) is 5.72. The van der Waals surface area contributed by atoms with E-state index in [9.17, 15) is 0 Å². The van der Waals surface area contributed by atoms with Gasteiger partial charge < -0.3 is 14.8 Å². The zero-order valence-corrected chi connectivity index (χ0v) is 16.6. The molecular weight excluding hydrogens is 326 g/mol. The summed E-state index contributed by atoms with van der Waals surface area (Å²) in [5.41, 5.74) is 4.39. The molecule has 0 radical (unpaired) electrons. The Labute approximate surface area is 155 Å². The normalized spacial score (nSPS) is 10.2. The van der Waals surface area contributed by atoms with Crippen molar-refractivity contribution in [3.05, 3.63) is 47.0 Å². The molecule has 0 saturated heterocycles. The summed E-state index contributed by atoms with van der Waals surface area (Å²) in [5.74, 6) is 2.64. The standard InChI is InChI=1S/C19H23N3O2.C2H6/c1-5-14-10-13(6-8-17(14)23-4)11-24-16-9-7-15-18(12(16)2)21-22-19(15)20-3;1-2/h6-10H,5,11H2,1-4H3,(H2,20,21,22);1-2H3. The van der Waals surface area contributed by atoms with Crippen LogP contribution in [0.1, 0.15) is 37.5 Å². The van der Waals surface area contributed by atoms with E-state index in [1.165, 1.54) is 5.56 Å². The molecule has 2 aromatic carbocycles. The van der Waals surface area contributed by atoms with Crippen LogP contribution in [0.5, 0.6) is 11.5 Å². The molecule has 0 aliphatic carbocycles. The highest BCUT2D eigenvalue weighted by atomic mass is 16.5. The van der Waals surface area contributed by atoms with Crippen LogP contribution in [-0.2, 0) is 13.0 Å². The highest BCUT2D eigenvalue weighted by Gasteiger charge is 2.11. The molecule has 5 heteroatoms. The van der Waals surface area contributed by atoms with E-state index in [1.54, 1.807) is 7.11 Å². The molecule has 0 saturated carbocycles. The third-order valence-corrected chi connectivity index (χ3v) is 4.31. The monoisotopic (exact) mass is 355 g/mol. The van der Waals surface area contributed by atoms with Gasteiger partial charge in [-0.3, -0.25) is 5.10 Å². The second-order valence-electron chi connectivity index (χ2n) is 5.72. The third kappa shape index (κ3) is 3.93. The molecule has 26 heavy (non-hydrogen) atoms. The molecule has 0 spiro atoms. The van der Waals surface area contributed by atoms with Crippen molar-refractivity contribution in [1.82, 2.24) is 10.2 Å². The Morgan fingerprint density at radius 2 is 1.85 bits per heavy atom. The van der Waals surface area contributed by atoms with E-state index < -0.39 is 0 Å². The second kappa shape index (κ2) is 9.13. The molecule has 0 bridgehead atoms. The summed E-state index contributed by atoms with van der Waals surface area (Å²) in [7, 11) is 3.57. The predicted molar refractivity (Wildman–Crippen MR) is 108 cm³/mol. The number of aryl methyl sites for hydroxylation is 2. The van der Waals surface area contributed by atoms with Crippen molar-refractivity contribution < 1.29 is 9.47 Å². The third-order valence-electron chi connectivity index (χ3n) is 4.31. The van der Waals surface area contributed by atoms with Crippen LogP contribution in [0.25, 0.3) is 10.9 Å². The number of H-pyrrole nitrogens is 1. The van der Waals surface area contributed by atoms with Gasteiger partial charge in [-0.05, 0) is 48.7 Å². The van der Waals surface area contributed by atoms with Crippen LogP contribution in [0.2, 0.25) is 0 Å². The molecular formula is C21H29N3O2. The summed E-state index contributed by atoms with van der Waals surface area (Å²) in [5, 5.41) is 11.5. The van der Waals surface area contributed by atoms with Gasteiger partial charge in [0.15, 0.2) is 5.82 Å². The van der Waals surface area contributed by atoms with Gasteiger partial charge in [0.05, 0.1) is 12.6 Å². The van der Waals surface area contributed by atoms with Crippen LogP contribution in [-0.4, -0.2) is 24.4 Å². The van der Waals surface area contributed by atoms with Crippen molar-refractivity contribution >= 4 is 16.7 Å². The molecule has 0 unspecified atom stereocenters. The van der Waals surface area contributed by atoms with Gasteiger partial charge in [-0.25, -0.2) is 0 Å². The maximum absolute atomic E-state index is 6.04. The largest absolute Gasteiger partial charge is 0.496 e. The predicted octanol–water partition coefficient (Wildman–Crippen LogP) is 5.09. The number of methoxy groups -OCH3 is 1. The molecule has 0 atom stereocenters. The van der Waals surface area contributed by atoms with Gasteiger partial charge in [0.2, 0.25) is 0 Å². The quantitative estimate of drug-likeness (QED) is 0.647. The van der Waals surface area contributed by atoms with E-state index in [0.29, 0.717) is 6.61 Å². The maximum Gasteiger partial charge on any atom is 0.155 e. The van der Waals surface area contributed by atoms with E-state index in [4.69, 9.17) is 9.47 Å². The van der Waals surface area contributed by atoms with Gasteiger partial charge in [0.25, 0.3) is 0 Å². The minimum absolute atomic E-state index is 0.524. The number of hydrogen-bond acceptors (Lipinski definition) is 4. The lowest BCUT2D eigenvalue weighted by Gasteiger charge is -2.12. The molecule has 0 aliphatic rings. The van der Waals surface area contributed by atoms with E-state index >= 15 is 0 Å². The van der Waals surface area contributed by atoms with Crippen molar-refractivity contribution in [3.8, 4) is 11.5 Å². The lowest BCUT2D eigenvalue weighted by atomic mass is 10.1. The van der Waals surface area contributed by atoms with Gasteiger partial charge in [0, 0.05) is 18.0 Å². The molecule has 1 heterocycles. The van der Waals surface area contributed by atoms with Crippen molar-refractivity contribution in [1.29, 1.82) is 0 Å². The van der Waals surface area contributed by atoms with Gasteiger partial charge >= 0.3 is 0 Å². The van der Waals surface area contributed by atoms with E-state index in [1.807, 2.05) is 52.1 Å². The fourth-order valence-corrected chi connectivity index (χ4v) is 2.91. The zero-order valence-electron chi connectivity index (χ0n) is 16.6. The topological polar surface area (TPSA) is 59.2 Å². The zero-order chi connectivity index (χ0) is 19.1. The molecule has 3 aromatic rings. The Morgan fingerprint density at radius 1 is 1.12 bits per heavy atom. The minimum Gasteiger partial charge on any atom is -0.496 e. The first-order valence-electron chi connectivity index (χ1n) is 9.12. The Bertz CT molecular complexity index is 856. The fourth-order valence-electron chi connectivity index (χ4n) is 2.91. The lowest BCUT2D eigenvalue weighted by molar-refractivity contribution is 0.304. The molecule has 0 aliphatic heterocycles. The van der Waals surface area contributed by atoms with Gasteiger partial charge in [-0.15, -0.1) is 0 Å². The van der Waals surface area contributed by atoms with Crippen LogP contribution in [0.4, 0.5) is 5.82 Å². The lowest BCUT2D eigenvalue weighted by Crippen LogP contribution is -1.99. The Morgan fingerprint density at radius 3 is 2.50 bits per heavy atom. The number of aromatic nitrogens is 2. The number of ether oxygens (including phenoxy) is 2. The molecule has 140 valence electrons. The fraction of sp³-hybridized carbons (Fsp3) is 0.381. The van der Waals surface area contributed by atoms with Crippen LogP contribution < -0.4 is 14.8 Å². The first-order valence-corrected chi connectivity index (χ1v) is 9.12. The maximum atomic E-state index is 6.04. The first-order chi connectivity index (χ1) is 12.7. The number of nitrogens with zero attached hydrogens (tertiary/aromatic N) is 1. The number of hydrogen-bond donors (Lipinski definition) is 2. The number of aromatic amines is 1. The molecule has 0 fully saturated rings. The van der Waals surface area contributed by atoms with E-state index in [0.717, 1.165) is 45.8 Å². The number of nitrogens with one attached hydrogen (secondary N) is 2. The number of fused-ring (bicyclic) bond motifs is 1. The molecule has 5 nitrogen and oxygen atoms in total. The summed E-state index contributed by atoms with van der Waals surface area (Å²) >= 11 is 0. The van der Waals surface area contributed by atoms with Crippen LogP contribution >= 0.6 is 0 Å². The summed E-state index contributed by atoms with van der Waals surface area (Å²) in [4.78, 5) is 0. The van der Waals surface area contributed by atoms with Crippen LogP contribution in [0.3, 0.4) is 0 Å². The average molecular weight is 355 g/mol. The Balaban J connectivity index is 0.00000117. The van der Waals surface area contributed by atoms with Crippen molar-refractivity contribution in [2.24, 2.45) is 0 Å². The minimum atomic E-state index is 0.524. The van der Waals surface area contributed by atoms with E-state index in [-0.39, 0.29) is 0 Å². The molecule has 3 rings (SSSR count). The molecule has 1 aromatic heterocycles.